The molecule has 7 heteroatoms. The third kappa shape index (κ3) is 2.63. The second-order valence-electron chi connectivity index (χ2n) is 3.56. The van der Waals surface area contributed by atoms with Gasteiger partial charge in [-0.1, -0.05) is 5.11 Å². The van der Waals surface area contributed by atoms with Crippen molar-refractivity contribution in [3.8, 4) is 0 Å². The van der Waals surface area contributed by atoms with Crippen molar-refractivity contribution in [2.24, 2.45) is 5.11 Å². The molecule has 1 aliphatic rings. The monoisotopic (exact) mass is 228 g/mol. The van der Waals surface area contributed by atoms with Crippen LogP contribution in [0.25, 0.3) is 10.4 Å². The summed E-state index contributed by atoms with van der Waals surface area (Å²) in [7, 11) is 0. The summed E-state index contributed by atoms with van der Waals surface area (Å²) in [5.41, 5.74) is 9.71. The largest absolute Gasteiger partial charge is 0.365 e. The third-order valence-electron chi connectivity index (χ3n) is 2.49. The molecule has 1 saturated carbocycles. The lowest BCUT2D eigenvalue weighted by atomic mass is 9.75. The van der Waals surface area contributed by atoms with Gasteiger partial charge in [0.25, 0.3) is 5.91 Å². The smallest absolute Gasteiger partial charge is 0.275 e. The predicted molar refractivity (Wildman–Crippen MR) is 56.3 cm³/mol. The van der Waals surface area contributed by atoms with Gasteiger partial charge in [-0.15, -0.1) is 0 Å². The van der Waals surface area contributed by atoms with Crippen molar-refractivity contribution >= 4 is 5.91 Å². The maximum atomic E-state index is 11.8. The van der Waals surface area contributed by atoms with E-state index >= 15 is 0 Å². The number of hydrogen-bond acceptors (Lipinski definition) is 4. The SMILES string of the molecule is CCONC(=O)C1(OCC)CC(N=[N+]=[N-])C1. The topological polar surface area (TPSA) is 96.3 Å². The molecule has 0 aromatic carbocycles. The standard InChI is InChI=1S/C9H16N4O3/c1-3-15-9(8(14)12-16-4-2)5-7(6-9)11-13-10/h7H,3-6H2,1-2H3,(H,12,14). The minimum atomic E-state index is -0.886. The van der Waals surface area contributed by atoms with Gasteiger partial charge < -0.3 is 4.74 Å². The van der Waals surface area contributed by atoms with E-state index in [0.29, 0.717) is 26.1 Å². The first-order chi connectivity index (χ1) is 7.68. The van der Waals surface area contributed by atoms with E-state index in [0.717, 1.165) is 0 Å². The van der Waals surface area contributed by atoms with Gasteiger partial charge in [0.1, 0.15) is 5.60 Å². The first kappa shape index (κ1) is 12.8. The van der Waals surface area contributed by atoms with Gasteiger partial charge in [-0.05, 0) is 32.2 Å². The van der Waals surface area contributed by atoms with Crippen molar-refractivity contribution < 1.29 is 14.4 Å². The zero-order valence-corrected chi connectivity index (χ0v) is 9.47. The van der Waals surface area contributed by atoms with E-state index in [-0.39, 0.29) is 11.9 Å². The Hall–Kier alpha value is -1.30. The Kier molecular flexibility index (Phi) is 4.54. The molecule has 0 atom stereocenters. The molecule has 0 bridgehead atoms. The average molecular weight is 228 g/mol. The van der Waals surface area contributed by atoms with Crippen LogP contribution >= 0.6 is 0 Å². The van der Waals surface area contributed by atoms with Crippen LogP contribution in [0.5, 0.6) is 0 Å². The molecule has 1 rings (SSSR count). The average Bonchev–Trinajstić information content (AvgIpc) is 2.22. The molecule has 0 spiro atoms. The van der Waals surface area contributed by atoms with Crippen molar-refractivity contribution in [1.82, 2.24) is 5.48 Å². The number of hydrogen-bond donors (Lipinski definition) is 1. The van der Waals surface area contributed by atoms with Crippen LogP contribution in [0.4, 0.5) is 0 Å². The summed E-state index contributed by atoms with van der Waals surface area (Å²) in [6.45, 7) is 4.42. The number of carbonyl (C=O) groups excluding carboxylic acids is 1. The fourth-order valence-electron chi connectivity index (χ4n) is 1.73. The van der Waals surface area contributed by atoms with Crippen LogP contribution in [-0.4, -0.2) is 30.8 Å². The zero-order chi connectivity index (χ0) is 12.0. The van der Waals surface area contributed by atoms with E-state index in [1.807, 2.05) is 6.92 Å². The number of azide groups is 1. The maximum absolute atomic E-state index is 11.8. The molecular weight excluding hydrogens is 212 g/mol. The van der Waals surface area contributed by atoms with Gasteiger partial charge in [0.05, 0.1) is 6.61 Å². The highest BCUT2D eigenvalue weighted by Gasteiger charge is 2.51. The highest BCUT2D eigenvalue weighted by atomic mass is 16.7. The first-order valence-corrected chi connectivity index (χ1v) is 5.29. The van der Waals surface area contributed by atoms with E-state index in [1.54, 1.807) is 6.92 Å². The Morgan fingerprint density at radius 2 is 2.25 bits per heavy atom. The zero-order valence-electron chi connectivity index (χ0n) is 9.47. The van der Waals surface area contributed by atoms with Gasteiger partial charge in [-0.2, -0.15) is 0 Å². The van der Waals surface area contributed by atoms with Crippen molar-refractivity contribution in [2.75, 3.05) is 13.2 Å². The van der Waals surface area contributed by atoms with Crippen LogP contribution in [0.1, 0.15) is 26.7 Å². The second-order valence-corrected chi connectivity index (χ2v) is 3.56. The summed E-state index contributed by atoms with van der Waals surface area (Å²) in [6.07, 6.45) is 0.813. The van der Waals surface area contributed by atoms with Crippen LogP contribution in [0.2, 0.25) is 0 Å². The van der Waals surface area contributed by atoms with Crippen LogP contribution < -0.4 is 5.48 Å². The molecule has 0 radical (unpaired) electrons. The molecule has 1 amide bonds. The minimum Gasteiger partial charge on any atom is -0.365 e. The van der Waals surface area contributed by atoms with Gasteiger partial charge in [0, 0.05) is 17.6 Å². The fraction of sp³-hybridized carbons (Fsp3) is 0.889. The van der Waals surface area contributed by atoms with Crippen LogP contribution in [-0.2, 0) is 14.4 Å². The van der Waals surface area contributed by atoms with E-state index in [2.05, 4.69) is 15.5 Å². The summed E-state index contributed by atoms with van der Waals surface area (Å²) in [5.74, 6) is -0.305. The van der Waals surface area contributed by atoms with Crippen molar-refractivity contribution in [3.63, 3.8) is 0 Å². The lowest BCUT2D eigenvalue weighted by Gasteiger charge is -2.43. The summed E-state index contributed by atoms with van der Waals surface area (Å²) in [4.78, 5) is 19.3. The molecule has 90 valence electrons. The van der Waals surface area contributed by atoms with Crippen molar-refractivity contribution in [1.29, 1.82) is 0 Å². The number of hydroxylamine groups is 1. The molecule has 7 nitrogen and oxygen atoms in total. The minimum absolute atomic E-state index is 0.163. The van der Waals surface area contributed by atoms with Crippen molar-refractivity contribution in [3.05, 3.63) is 10.4 Å². The summed E-state index contributed by atoms with van der Waals surface area (Å²) >= 11 is 0. The lowest BCUT2D eigenvalue weighted by molar-refractivity contribution is -0.173. The second kappa shape index (κ2) is 5.69. The Balaban J connectivity index is 2.55. The van der Waals surface area contributed by atoms with Crippen LogP contribution in [0, 0.1) is 0 Å². The Bertz CT molecular complexity index is 295. The molecule has 0 aromatic rings. The molecule has 0 heterocycles. The van der Waals surface area contributed by atoms with Gasteiger partial charge in [-0.25, -0.2) is 5.48 Å². The first-order valence-electron chi connectivity index (χ1n) is 5.29. The maximum Gasteiger partial charge on any atom is 0.275 e. The number of nitrogens with zero attached hydrogens (tertiary/aromatic N) is 3. The number of amides is 1. The number of nitrogens with one attached hydrogen (secondary N) is 1. The Labute approximate surface area is 93.7 Å². The predicted octanol–water partition coefficient (Wildman–Crippen LogP) is 1.30. The molecule has 16 heavy (non-hydrogen) atoms. The summed E-state index contributed by atoms with van der Waals surface area (Å²) in [5, 5.41) is 3.55. The van der Waals surface area contributed by atoms with E-state index in [1.165, 1.54) is 0 Å². The normalized spacial score (nSPS) is 27.8. The number of carbonyl (C=O) groups is 1. The number of ether oxygens (including phenoxy) is 1. The highest BCUT2D eigenvalue weighted by Crippen LogP contribution is 2.38. The van der Waals surface area contributed by atoms with E-state index in [4.69, 9.17) is 15.1 Å². The Morgan fingerprint density at radius 3 is 2.75 bits per heavy atom. The molecule has 1 fully saturated rings. The van der Waals surface area contributed by atoms with Gasteiger partial charge >= 0.3 is 0 Å². The van der Waals surface area contributed by atoms with Crippen LogP contribution in [0.3, 0.4) is 0 Å². The quantitative estimate of drug-likeness (QED) is 0.321. The molecule has 1 N–H and O–H groups in total. The lowest BCUT2D eigenvalue weighted by Crippen LogP contribution is -2.58. The number of rotatable bonds is 6. The molecule has 0 aliphatic heterocycles. The van der Waals surface area contributed by atoms with E-state index < -0.39 is 5.60 Å². The van der Waals surface area contributed by atoms with Crippen LogP contribution in [0.15, 0.2) is 5.11 Å². The molecular formula is C9H16N4O3. The molecule has 1 aliphatic carbocycles. The third-order valence-corrected chi connectivity index (χ3v) is 2.49. The molecule has 0 unspecified atom stereocenters. The van der Waals surface area contributed by atoms with E-state index in [9.17, 15) is 4.79 Å². The van der Waals surface area contributed by atoms with Gasteiger partial charge in [0.2, 0.25) is 0 Å². The van der Waals surface area contributed by atoms with Gasteiger partial charge in [0.15, 0.2) is 0 Å². The molecule has 0 aromatic heterocycles. The molecule has 0 saturated heterocycles. The van der Waals surface area contributed by atoms with Crippen molar-refractivity contribution in [2.45, 2.75) is 38.3 Å². The fourth-order valence-corrected chi connectivity index (χ4v) is 1.73. The highest BCUT2D eigenvalue weighted by molar-refractivity contribution is 5.85. The van der Waals surface area contributed by atoms with Gasteiger partial charge in [-0.3, -0.25) is 9.63 Å². The summed E-state index contributed by atoms with van der Waals surface area (Å²) in [6, 6.07) is -0.163. The summed E-state index contributed by atoms with van der Waals surface area (Å²) < 4.78 is 5.43. The Morgan fingerprint density at radius 1 is 1.56 bits per heavy atom.